The zero-order valence-electron chi connectivity index (χ0n) is 8.90. The van der Waals surface area contributed by atoms with E-state index in [1.807, 2.05) is 0 Å². The van der Waals surface area contributed by atoms with Crippen LogP contribution in [-0.2, 0) is 4.74 Å². The van der Waals surface area contributed by atoms with Crippen LogP contribution in [0.15, 0.2) is 0 Å². The minimum atomic E-state index is -0.182. The van der Waals surface area contributed by atoms with Crippen molar-refractivity contribution in [2.24, 2.45) is 5.92 Å². The van der Waals surface area contributed by atoms with E-state index in [4.69, 9.17) is 16.3 Å². The highest BCUT2D eigenvalue weighted by Crippen LogP contribution is 2.26. The molecule has 1 saturated carbocycles. The van der Waals surface area contributed by atoms with E-state index in [-0.39, 0.29) is 5.60 Å². The molecule has 1 fully saturated rings. The number of alkyl halides is 2. The van der Waals surface area contributed by atoms with Gasteiger partial charge in [-0.05, 0) is 25.7 Å². The van der Waals surface area contributed by atoms with Crippen molar-refractivity contribution in [2.75, 3.05) is 17.8 Å². The first-order chi connectivity index (χ1) is 6.70. The van der Waals surface area contributed by atoms with E-state index in [1.54, 1.807) is 0 Å². The zero-order chi connectivity index (χ0) is 10.4. The Kier molecular flexibility index (Phi) is 5.80. The topological polar surface area (TPSA) is 9.23 Å². The number of hydrogen-bond acceptors (Lipinski definition) is 1. The van der Waals surface area contributed by atoms with Crippen molar-refractivity contribution < 1.29 is 4.74 Å². The molecule has 0 saturated heterocycles. The van der Waals surface area contributed by atoms with Crippen molar-refractivity contribution in [1.82, 2.24) is 0 Å². The van der Waals surface area contributed by atoms with Gasteiger partial charge in [-0.1, -0.05) is 35.2 Å². The predicted octanol–water partition coefficient (Wildman–Crippen LogP) is 3.98. The molecule has 0 N–H and O–H groups in total. The molecule has 1 atom stereocenters. The summed E-state index contributed by atoms with van der Waals surface area (Å²) in [4.78, 5) is 0. The molecule has 0 radical (unpaired) electrons. The molecule has 0 aliphatic heterocycles. The number of rotatable bonds is 5. The number of ether oxygens (including phenoxy) is 1. The summed E-state index contributed by atoms with van der Waals surface area (Å²) >= 11 is 9.32. The van der Waals surface area contributed by atoms with Crippen LogP contribution in [-0.4, -0.2) is 23.4 Å². The van der Waals surface area contributed by atoms with Crippen LogP contribution >= 0.6 is 27.5 Å². The summed E-state index contributed by atoms with van der Waals surface area (Å²) in [6.07, 6.45) is 6.82. The van der Waals surface area contributed by atoms with Crippen molar-refractivity contribution in [2.45, 2.75) is 44.6 Å². The highest BCUT2D eigenvalue weighted by molar-refractivity contribution is 9.09. The molecule has 0 aromatic carbocycles. The highest BCUT2D eigenvalue weighted by Gasteiger charge is 2.24. The number of hydrogen-bond donors (Lipinski definition) is 0. The average Bonchev–Trinajstić information content (AvgIpc) is 2.27. The predicted molar refractivity (Wildman–Crippen MR) is 65.4 cm³/mol. The molecule has 0 heterocycles. The summed E-state index contributed by atoms with van der Waals surface area (Å²) in [5.41, 5.74) is -0.182. The van der Waals surface area contributed by atoms with Crippen molar-refractivity contribution in [1.29, 1.82) is 0 Å². The fraction of sp³-hybridized carbons (Fsp3) is 1.00. The molecule has 1 unspecified atom stereocenters. The van der Waals surface area contributed by atoms with Gasteiger partial charge in [-0.3, -0.25) is 0 Å². The molecule has 1 aliphatic rings. The van der Waals surface area contributed by atoms with Crippen LogP contribution in [0.2, 0.25) is 0 Å². The third-order valence-electron chi connectivity index (χ3n) is 2.96. The van der Waals surface area contributed by atoms with Crippen molar-refractivity contribution >= 4 is 27.5 Å². The van der Waals surface area contributed by atoms with E-state index in [1.165, 1.54) is 32.1 Å². The van der Waals surface area contributed by atoms with Crippen LogP contribution < -0.4 is 0 Å². The number of halogens is 2. The Morgan fingerprint density at radius 1 is 1.36 bits per heavy atom. The molecule has 0 amide bonds. The van der Waals surface area contributed by atoms with Gasteiger partial charge < -0.3 is 4.74 Å². The quantitative estimate of drug-likeness (QED) is 0.694. The molecule has 0 spiro atoms. The summed E-state index contributed by atoms with van der Waals surface area (Å²) in [6, 6.07) is 0. The maximum Gasteiger partial charge on any atom is 0.0885 e. The lowest BCUT2D eigenvalue weighted by Crippen LogP contribution is -2.35. The second kappa shape index (κ2) is 6.34. The monoisotopic (exact) mass is 282 g/mol. The first-order valence-corrected chi connectivity index (χ1v) is 7.12. The summed E-state index contributed by atoms with van der Waals surface area (Å²) in [5.74, 6) is 1.33. The molecule has 14 heavy (non-hydrogen) atoms. The van der Waals surface area contributed by atoms with Gasteiger partial charge in [0.2, 0.25) is 0 Å². The molecule has 1 aliphatic carbocycles. The molecule has 0 bridgehead atoms. The lowest BCUT2D eigenvalue weighted by molar-refractivity contribution is -0.0213. The van der Waals surface area contributed by atoms with E-state index in [9.17, 15) is 0 Å². The van der Waals surface area contributed by atoms with Crippen LogP contribution in [0.1, 0.15) is 39.0 Å². The largest absolute Gasteiger partial charge is 0.373 e. The Bertz CT molecular complexity index is 153. The van der Waals surface area contributed by atoms with E-state index in [0.29, 0.717) is 5.88 Å². The van der Waals surface area contributed by atoms with Crippen molar-refractivity contribution in [3.05, 3.63) is 0 Å². The van der Waals surface area contributed by atoms with E-state index in [0.717, 1.165) is 17.9 Å². The Labute approximate surface area is 101 Å². The minimum absolute atomic E-state index is 0.182. The van der Waals surface area contributed by atoms with Crippen LogP contribution in [0, 0.1) is 5.92 Å². The average molecular weight is 284 g/mol. The van der Waals surface area contributed by atoms with Crippen molar-refractivity contribution in [3.8, 4) is 0 Å². The first-order valence-electron chi connectivity index (χ1n) is 5.46. The summed E-state index contributed by atoms with van der Waals surface area (Å²) < 4.78 is 5.89. The Balaban J connectivity index is 2.23. The normalized spacial score (nSPS) is 23.4. The van der Waals surface area contributed by atoms with Gasteiger partial charge in [0.05, 0.1) is 18.1 Å². The summed E-state index contributed by atoms with van der Waals surface area (Å²) in [7, 11) is 0. The third-order valence-corrected chi connectivity index (χ3v) is 4.71. The smallest absolute Gasteiger partial charge is 0.0885 e. The molecule has 84 valence electrons. The second-order valence-corrected chi connectivity index (χ2v) is 5.36. The van der Waals surface area contributed by atoms with Gasteiger partial charge in [0, 0.05) is 5.33 Å². The van der Waals surface area contributed by atoms with Gasteiger partial charge in [-0.2, -0.15) is 0 Å². The minimum Gasteiger partial charge on any atom is -0.373 e. The lowest BCUT2D eigenvalue weighted by Gasteiger charge is -2.29. The zero-order valence-corrected chi connectivity index (χ0v) is 11.2. The first kappa shape index (κ1) is 12.8. The standard InChI is InChI=1S/C11H20BrClO/c1-11(8-12,9-13)14-7-10-5-3-2-4-6-10/h10H,2-9H2,1H3. The molecule has 0 aromatic heterocycles. The fourth-order valence-electron chi connectivity index (χ4n) is 1.79. The molecular weight excluding hydrogens is 263 g/mol. The summed E-state index contributed by atoms with van der Waals surface area (Å²) in [5, 5.41) is 0.816. The fourth-order valence-corrected chi connectivity index (χ4v) is 2.55. The molecule has 3 heteroatoms. The van der Waals surface area contributed by atoms with Crippen molar-refractivity contribution in [3.63, 3.8) is 0 Å². The van der Waals surface area contributed by atoms with E-state index < -0.39 is 0 Å². The third kappa shape index (κ3) is 4.08. The Hall–Kier alpha value is 0.730. The Morgan fingerprint density at radius 2 is 2.00 bits per heavy atom. The molecule has 1 nitrogen and oxygen atoms in total. The van der Waals surface area contributed by atoms with E-state index in [2.05, 4.69) is 22.9 Å². The maximum atomic E-state index is 5.89. The molecule has 1 rings (SSSR count). The van der Waals surface area contributed by atoms with Gasteiger partial charge in [-0.15, -0.1) is 11.6 Å². The summed E-state index contributed by atoms with van der Waals surface area (Å²) in [6.45, 7) is 2.95. The lowest BCUT2D eigenvalue weighted by atomic mass is 9.90. The maximum absolute atomic E-state index is 5.89. The van der Waals surface area contributed by atoms with Gasteiger partial charge >= 0.3 is 0 Å². The molecule has 0 aromatic rings. The highest BCUT2D eigenvalue weighted by atomic mass is 79.9. The second-order valence-electron chi connectivity index (χ2n) is 4.53. The SMILES string of the molecule is CC(CCl)(CBr)OCC1CCCCC1. The van der Waals surface area contributed by atoms with E-state index >= 15 is 0 Å². The Morgan fingerprint density at radius 3 is 2.50 bits per heavy atom. The van der Waals surface area contributed by atoms with Crippen LogP contribution in [0.25, 0.3) is 0 Å². The van der Waals surface area contributed by atoms with Crippen LogP contribution in [0.5, 0.6) is 0 Å². The van der Waals surface area contributed by atoms with Gasteiger partial charge in [0.25, 0.3) is 0 Å². The van der Waals surface area contributed by atoms with Gasteiger partial charge in [0.15, 0.2) is 0 Å². The molecular formula is C11H20BrClO. The van der Waals surface area contributed by atoms with Crippen LogP contribution in [0.3, 0.4) is 0 Å². The van der Waals surface area contributed by atoms with Crippen LogP contribution in [0.4, 0.5) is 0 Å². The van der Waals surface area contributed by atoms with Gasteiger partial charge in [0.1, 0.15) is 0 Å². The van der Waals surface area contributed by atoms with Gasteiger partial charge in [-0.25, -0.2) is 0 Å².